The number of hydrogen-bond acceptors (Lipinski definition) is 4. The molecule has 0 bridgehead atoms. The summed E-state index contributed by atoms with van der Waals surface area (Å²) in [5.41, 5.74) is 0. The Hall–Kier alpha value is -0.260. The molecule has 0 radical (unpaired) electrons. The largest absolute Gasteiger partial charge is 0.385 e. The standard InChI is InChI=1S/C14H26N2O2S/c1-18-9-4-7-15-14(17)11-16-8-10-19-13-6-3-2-5-12(13)16/h12-13H,2-11H2,1H3,(H,15,17)/t12-,13-/m0/s1. The molecule has 2 aliphatic rings. The lowest BCUT2D eigenvalue weighted by molar-refractivity contribution is -0.123. The number of carbonyl (C=O) groups is 1. The van der Waals surface area contributed by atoms with Gasteiger partial charge < -0.3 is 10.1 Å². The number of thioether (sulfide) groups is 1. The van der Waals surface area contributed by atoms with Gasteiger partial charge in [0.05, 0.1) is 6.54 Å². The molecule has 4 nitrogen and oxygen atoms in total. The zero-order valence-electron chi connectivity index (χ0n) is 11.9. The fourth-order valence-electron chi connectivity index (χ4n) is 3.06. The van der Waals surface area contributed by atoms with Crippen molar-refractivity contribution in [2.24, 2.45) is 0 Å². The summed E-state index contributed by atoms with van der Waals surface area (Å²) >= 11 is 2.11. The summed E-state index contributed by atoms with van der Waals surface area (Å²) in [6.45, 7) is 3.08. The van der Waals surface area contributed by atoms with Gasteiger partial charge in [-0.05, 0) is 19.3 Å². The van der Waals surface area contributed by atoms with Crippen LogP contribution in [0.2, 0.25) is 0 Å². The van der Waals surface area contributed by atoms with E-state index in [-0.39, 0.29) is 5.91 Å². The number of hydrogen-bond donors (Lipinski definition) is 1. The number of amides is 1. The first-order valence-corrected chi connectivity index (χ1v) is 8.47. The maximum absolute atomic E-state index is 11.9. The van der Waals surface area contributed by atoms with Crippen LogP contribution in [0.25, 0.3) is 0 Å². The molecular formula is C14H26N2O2S. The Kier molecular flexibility index (Phi) is 6.47. The summed E-state index contributed by atoms with van der Waals surface area (Å²) < 4.78 is 4.98. The van der Waals surface area contributed by atoms with Gasteiger partial charge in [0.1, 0.15) is 0 Å². The maximum Gasteiger partial charge on any atom is 0.234 e. The summed E-state index contributed by atoms with van der Waals surface area (Å²) in [6.07, 6.45) is 6.19. The minimum Gasteiger partial charge on any atom is -0.385 e. The van der Waals surface area contributed by atoms with E-state index in [0.717, 1.165) is 24.8 Å². The Balaban J connectivity index is 1.72. The molecule has 0 aromatic carbocycles. The van der Waals surface area contributed by atoms with Gasteiger partial charge in [-0.3, -0.25) is 9.69 Å². The number of nitrogens with one attached hydrogen (secondary N) is 1. The van der Waals surface area contributed by atoms with E-state index in [9.17, 15) is 4.79 Å². The fourth-order valence-corrected chi connectivity index (χ4v) is 4.56. The van der Waals surface area contributed by atoms with Crippen LogP contribution in [0.1, 0.15) is 32.1 Å². The quantitative estimate of drug-likeness (QED) is 0.751. The third kappa shape index (κ3) is 4.65. The van der Waals surface area contributed by atoms with Gasteiger partial charge >= 0.3 is 0 Å². The van der Waals surface area contributed by atoms with Crippen LogP contribution in [0.3, 0.4) is 0 Å². The van der Waals surface area contributed by atoms with E-state index in [1.165, 1.54) is 31.4 Å². The molecule has 0 aromatic heterocycles. The van der Waals surface area contributed by atoms with E-state index in [0.29, 0.717) is 19.2 Å². The fraction of sp³-hybridized carbons (Fsp3) is 0.929. The molecule has 19 heavy (non-hydrogen) atoms. The minimum atomic E-state index is 0.173. The van der Waals surface area contributed by atoms with Gasteiger partial charge in [0.15, 0.2) is 0 Å². The molecular weight excluding hydrogens is 260 g/mol. The topological polar surface area (TPSA) is 41.6 Å². The molecule has 1 N–H and O–H groups in total. The van der Waals surface area contributed by atoms with Crippen LogP contribution in [0, 0.1) is 0 Å². The van der Waals surface area contributed by atoms with Crippen LogP contribution in [0.4, 0.5) is 0 Å². The average molecular weight is 286 g/mol. The average Bonchev–Trinajstić information content (AvgIpc) is 2.44. The summed E-state index contributed by atoms with van der Waals surface area (Å²) in [7, 11) is 1.69. The van der Waals surface area contributed by atoms with Gasteiger partial charge in [0.2, 0.25) is 5.91 Å². The van der Waals surface area contributed by atoms with Crippen LogP contribution in [-0.2, 0) is 9.53 Å². The second-order valence-electron chi connectivity index (χ2n) is 5.43. The Bertz CT molecular complexity index is 287. The van der Waals surface area contributed by atoms with Crippen molar-refractivity contribution in [1.29, 1.82) is 0 Å². The van der Waals surface area contributed by atoms with Crippen molar-refractivity contribution in [3.8, 4) is 0 Å². The van der Waals surface area contributed by atoms with Crippen molar-refractivity contribution in [2.75, 3.05) is 39.1 Å². The van der Waals surface area contributed by atoms with Crippen LogP contribution >= 0.6 is 11.8 Å². The predicted octanol–water partition coefficient (Wildman–Crippen LogP) is 1.50. The van der Waals surface area contributed by atoms with Crippen molar-refractivity contribution >= 4 is 17.7 Å². The molecule has 0 spiro atoms. The second kappa shape index (κ2) is 8.12. The number of carbonyl (C=O) groups excluding carboxylic acids is 1. The van der Waals surface area contributed by atoms with Crippen LogP contribution in [0.5, 0.6) is 0 Å². The number of rotatable bonds is 6. The molecule has 1 aliphatic heterocycles. The smallest absolute Gasteiger partial charge is 0.234 e. The van der Waals surface area contributed by atoms with Crippen molar-refractivity contribution in [1.82, 2.24) is 10.2 Å². The molecule has 2 atom stereocenters. The summed E-state index contributed by atoms with van der Waals surface area (Å²) in [5.74, 6) is 1.35. The van der Waals surface area contributed by atoms with Crippen LogP contribution in [0.15, 0.2) is 0 Å². The lowest BCUT2D eigenvalue weighted by Gasteiger charge is -2.43. The SMILES string of the molecule is COCCCNC(=O)CN1CCS[C@H]2CCCC[C@@H]21. The van der Waals surface area contributed by atoms with Crippen molar-refractivity contribution in [3.05, 3.63) is 0 Å². The highest BCUT2D eigenvalue weighted by atomic mass is 32.2. The Morgan fingerprint density at radius 1 is 1.42 bits per heavy atom. The van der Waals surface area contributed by atoms with E-state index < -0.39 is 0 Å². The van der Waals surface area contributed by atoms with Crippen LogP contribution in [-0.4, -0.2) is 61.2 Å². The van der Waals surface area contributed by atoms with Crippen molar-refractivity contribution in [3.63, 3.8) is 0 Å². The van der Waals surface area contributed by atoms with Gasteiger partial charge in [-0.2, -0.15) is 11.8 Å². The first-order chi connectivity index (χ1) is 9.31. The van der Waals surface area contributed by atoms with Crippen molar-refractivity contribution in [2.45, 2.75) is 43.4 Å². The minimum absolute atomic E-state index is 0.173. The zero-order chi connectivity index (χ0) is 13.5. The highest BCUT2D eigenvalue weighted by molar-refractivity contribution is 8.00. The third-order valence-corrected chi connectivity index (χ3v) is 5.44. The maximum atomic E-state index is 11.9. The second-order valence-corrected chi connectivity index (χ2v) is 6.77. The molecule has 2 fully saturated rings. The van der Waals surface area contributed by atoms with Crippen molar-refractivity contribution < 1.29 is 9.53 Å². The van der Waals surface area contributed by atoms with E-state index >= 15 is 0 Å². The van der Waals surface area contributed by atoms with Gasteiger partial charge in [-0.1, -0.05) is 12.8 Å². The third-order valence-electron chi connectivity index (χ3n) is 4.04. The Morgan fingerprint density at radius 2 is 2.26 bits per heavy atom. The lowest BCUT2D eigenvalue weighted by Crippen LogP contribution is -2.52. The molecule has 2 rings (SSSR count). The zero-order valence-corrected chi connectivity index (χ0v) is 12.7. The normalized spacial score (nSPS) is 27.8. The molecule has 1 aliphatic carbocycles. The van der Waals surface area contributed by atoms with Gasteiger partial charge in [0.25, 0.3) is 0 Å². The van der Waals surface area contributed by atoms with Gasteiger partial charge in [-0.25, -0.2) is 0 Å². The van der Waals surface area contributed by atoms with Crippen LogP contribution < -0.4 is 5.32 Å². The molecule has 5 heteroatoms. The van der Waals surface area contributed by atoms with Gasteiger partial charge in [0, 0.05) is 43.9 Å². The molecule has 0 aromatic rings. The number of fused-ring (bicyclic) bond motifs is 1. The van der Waals surface area contributed by atoms with E-state index in [4.69, 9.17) is 4.74 Å². The Morgan fingerprint density at radius 3 is 3.11 bits per heavy atom. The summed E-state index contributed by atoms with van der Waals surface area (Å²) in [5, 5.41) is 3.76. The van der Waals surface area contributed by atoms with E-state index in [2.05, 4.69) is 22.0 Å². The highest BCUT2D eigenvalue weighted by Gasteiger charge is 2.34. The van der Waals surface area contributed by atoms with Gasteiger partial charge in [-0.15, -0.1) is 0 Å². The number of ether oxygens (including phenoxy) is 1. The van der Waals surface area contributed by atoms with E-state index in [1.54, 1.807) is 7.11 Å². The molecule has 110 valence electrons. The molecule has 0 unspecified atom stereocenters. The summed E-state index contributed by atoms with van der Waals surface area (Å²) in [4.78, 5) is 14.4. The first kappa shape index (κ1) is 15.1. The lowest BCUT2D eigenvalue weighted by atomic mass is 9.93. The molecule has 1 heterocycles. The van der Waals surface area contributed by atoms with E-state index in [1.807, 2.05) is 0 Å². The monoisotopic (exact) mass is 286 g/mol. The number of methoxy groups -OCH3 is 1. The first-order valence-electron chi connectivity index (χ1n) is 7.42. The summed E-state index contributed by atoms with van der Waals surface area (Å²) in [6, 6.07) is 0.636. The molecule has 1 saturated heterocycles. The number of nitrogens with zero attached hydrogens (tertiary/aromatic N) is 1. The Labute approximate surface area is 120 Å². The molecule has 1 saturated carbocycles. The molecule has 1 amide bonds. The highest BCUT2D eigenvalue weighted by Crippen LogP contribution is 2.35. The predicted molar refractivity (Wildman–Crippen MR) is 79.6 cm³/mol.